The Bertz CT molecular complexity index is 419. The number of halogens is 2. The van der Waals surface area contributed by atoms with Crippen molar-refractivity contribution in [3.05, 3.63) is 37.2 Å². The molecule has 0 spiro atoms. The summed E-state index contributed by atoms with van der Waals surface area (Å²) in [6.07, 6.45) is 0. The van der Waals surface area contributed by atoms with Crippen LogP contribution >= 0.6 is 22.6 Å². The highest BCUT2D eigenvalue weighted by molar-refractivity contribution is 14.1. The molecule has 0 unspecified atom stereocenters. The number of hydrogen-bond acceptors (Lipinski definition) is 3. The lowest BCUT2D eigenvalue weighted by Gasteiger charge is -2.01. The minimum Gasteiger partial charge on any atom is -0.294 e. The molecule has 0 fully saturated rings. The summed E-state index contributed by atoms with van der Waals surface area (Å²) in [7, 11) is 0. The lowest BCUT2D eigenvalue weighted by atomic mass is 10.1. The summed E-state index contributed by atoms with van der Waals surface area (Å²) in [5, 5.41) is 10.4. The smallest absolute Gasteiger partial charge is 0.294 e. The number of Topliss-reactive ketones (excluding diaryl/α,β-unsaturated/α-hetero) is 1. The molecular formula is C8H5FINO3. The second-order valence-corrected chi connectivity index (χ2v) is 3.73. The highest BCUT2D eigenvalue weighted by atomic mass is 127. The van der Waals surface area contributed by atoms with Gasteiger partial charge in [-0.15, -0.1) is 0 Å². The standard InChI is InChI=1S/C8H5FINO3/c1-4(12)7-5(10)2-3-6(8(7)9)11(13)14/h2-3H,1H3. The number of carbonyl (C=O) groups excluding carboxylic acids is 1. The summed E-state index contributed by atoms with van der Waals surface area (Å²) in [5.74, 6) is -1.58. The van der Waals surface area contributed by atoms with Crippen LogP contribution in [-0.2, 0) is 0 Å². The Morgan fingerprint density at radius 3 is 2.57 bits per heavy atom. The fourth-order valence-electron chi connectivity index (χ4n) is 1.01. The second kappa shape index (κ2) is 3.99. The van der Waals surface area contributed by atoms with Crippen LogP contribution in [0.2, 0.25) is 0 Å². The lowest BCUT2D eigenvalue weighted by molar-refractivity contribution is -0.387. The molecule has 0 heterocycles. The van der Waals surface area contributed by atoms with Gasteiger partial charge in [0.2, 0.25) is 5.82 Å². The number of nitro benzene ring substituents is 1. The molecule has 0 aliphatic heterocycles. The van der Waals surface area contributed by atoms with E-state index in [9.17, 15) is 19.3 Å². The van der Waals surface area contributed by atoms with E-state index in [4.69, 9.17) is 0 Å². The monoisotopic (exact) mass is 309 g/mol. The normalized spacial score (nSPS) is 9.93. The maximum Gasteiger partial charge on any atom is 0.305 e. The van der Waals surface area contributed by atoms with E-state index in [0.29, 0.717) is 3.57 Å². The molecule has 0 amide bonds. The van der Waals surface area contributed by atoms with E-state index < -0.39 is 22.2 Å². The molecule has 0 N–H and O–H groups in total. The fraction of sp³-hybridized carbons (Fsp3) is 0.125. The van der Waals surface area contributed by atoms with E-state index in [-0.39, 0.29) is 5.56 Å². The van der Waals surface area contributed by atoms with Crippen LogP contribution in [0.1, 0.15) is 17.3 Å². The Kier molecular flexibility index (Phi) is 3.14. The maximum absolute atomic E-state index is 13.4. The van der Waals surface area contributed by atoms with Gasteiger partial charge in [-0.25, -0.2) is 0 Å². The minimum atomic E-state index is -1.06. The van der Waals surface area contributed by atoms with Gasteiger partial charge in [0.1, 0.15) is 0 Å². The van der Waals surface area contributed by atoms with Crippen LogP contribution in [0.15, 0.2) is 12.1 Å². The van der Waals surface area contributed by atoms with Crippen molar-refractivity contribution < 1.29 is 14.1 Å². The molecular weight excluding hydrogens is 304 g/mol. The first kappa shape index (κ1) is 11.0. The molecule has 1 rings (SSSR count). The molecule has 14 heavy (non-hydrogen) atoms. The van der Waals surface area contributed by atoms with Crippen molar-refractivity contribution in [2.45, 2.75) is 6.92 Å². The maximum atomic E-state index is 13.4. The van der Waals surface area contributed by atoms with Gasteiger partial charge in [0, 0.05) is 9.64 Å². The third-order valence-electron chi connectivity index (χ3n) is 1.62. The van der Waals surface area contributed by atoms with Gasteiger partial charge in [-0.2, -0.15) is 4.39 Å². The SMILES string of the molecule is CC(=O)c1c(I)ccc([N+](=O)[O-])c1F. The van der Waals surface area contributed by atoms with Gasteiger partial charge >= 0.3 is 5.69 Å². The number of hydrogen-bond donors (Lipinski definition) is 0. The first-order valence-electron chi connectivity index (χ1n) is 3.58. The fourth-order valence-corrected chi connectivity index (χ4v) is 1.80. The third-order valence-corrected chi connectivity index (χ3v) is 2.52. The molecule has 0 aliphatic carbocycles. The van der Waals surface area contributed by atoms with Crippen molar-refractivity contribution in [3.8, 4) is 0 Å². The number of carbonyl (C=O) groups is 1. The van der Waals surface area contributed by atoms with Crippen LogP contribution in [0, 0.1) is 19.5 Å². The van der Waals surface area contributed by atoms with Crippen LogP contribution < -0.4 is 0 Å². The van der Waals surface area contributed by atoms with Crippen molar-refractivity contribution in [2.75, 3.05) is 0 Å². The number of nitro groups is 1. The van der Waals surface area contributed by atoms with E-state index in [1.807, 2.05) is 0 Å². The van der Waals surface area contributed by atoms with Gasteiger partial charge in [-0.1, -0.05) is 0 Å². The Morgan fingerprint density at radius 2 is 2.14 bits per heavy atom. The Labute approximate surface area is 92.4 Å². The molecule has 0 radical (unpaired) electrons. The van der Waals surface area contributed by atoms with Crippen molar-refractivity contribution >= 4 is 34.1 Å². The van der Waals surface area contributed by atoms with Gasteiger partial charge in [0.05, 0.1) is 10.5 Å². The number of rotatable bonds is 2. The van der Waals surface area contributed by atoms with Gasteiger partial charge in [-0.3, -0.25) is 14.9 Å². The molecule has 74 valence electrons. The molecule has 0 atom stereocenters. The average Bonchev–Trinajstić information content (AvgIpc) is 2.02. The summed E-state index contributed by atoms with van der Waals surface area (Å²) in [6, 6.07) is 2.39. The van der Waals surface area contributed by atoms with E-state index in [1.54, 1.807) is 22.6 Å². The zero-order valence-electron chi connectivity index (χ0n) is 7.08. The Balaban J connectivity index is 3.49. The molecule has 0 aromatic heterocycles. The number of nitrogens with zero attached hydrogens (tertiary/aromatic N) is 1. The first-order valence-corrected chi connectivity index (χ1v) is 4.66. The molecule has 0 bridgehead atoms. The first-order chi connectivity index (χ1) is 6.45. The van der Waals surface area contributed by atoms with E-state index in [1.165, 1.54) is 13.0 Å². The van der Waals surface area contributed by atoms with Gasteiger partial charge in [0.15, 0.2) is 5.78 Å². The highest BCUT2D eigenvalue weighted by Crippen LogP contribution is 2.25. The zero-order valence-corrected chi connectivity index (χ0v) is 9.24. The van der Waals surface area contributed by atoms with E-state index >= 15 is 0 Å². The number of benzene rings is 1. The van der Waals surface area contributed by atoms with Gasteiger partial charge in [-0.05, 0) is 35.6 Å². The van der Waals surface area contributed by atoms with Crippen LogP contribution in [0.4, 0.5) is 10.1 Å². The predicted molar refractivity (Wildman–Crippen MR) is 55.8 cm³/mol. The van der Waals surface area contributed by atoms with Crippen molar-refractivity contribution in [2.24, 2.45) is 0 Å². The van der Waals surface area contributed by atoms with Crippen LogP contribution in [-0.4, -0.2) is 10.7 Å². The molecule has 4 nitrogen and oxygen atoms in total. The second-order valence-electron chi connectivity index (χ2n) is 2.57. The quantitative estimate of drug-likeness (QED) is 0.365. The van der Waals surface area contributed by atoms with E-state index in [2.05, 4.69) is 0 Å². The summed E-state index contributed by atoms with van der Waals surface area (Å²) < 4.78 is 13.7. The zero-order chi connectivity index (χ0) is 10.9. The van der Waals surface area contributed by atoms with Crippen LogP contribution in [0.25, 0.3) is 0 Å². The van der Waals surface area contributed by atoms with E-state index in [0.717, 1.165) is 6.07 Å². The minimum absolute atomic E-state index is 0.222. The lowest BCUT2D eigenvalue weighted by Crippen LogP contribution is -2.04. The summed E-state index contributed by atoms with van der Waals surface area (Å²) in [6.45, 7) is 1.17. The van der Waals surface area contributed by atoms with Crippen molar-refractivity contribution in [1.29, 1.82) is 0 Å². The molecule has 0 aliphatic rings. The molecule has 1 aromatic rings. The number of ketones is 1. The van der Waals surface area contributed by atoms with Gasteiger partial charge < -0.3 is 0 Å². The summed E-state index contributed by atoms with van der Waals surface area (Å²) >= 11 is 1.76. The Morgan fingerprint density at radius 1 is 1.57 bits per heavy atom. The van der Waals surface area contributed by atoms with Crippen LogP contribution in [0.3, 0.4) is 0 Å². The Hall–Kier alpha value is -1.05. The molecule has 0 saturated heterocycles. The molecule has 6 heteroatoms. The highest BCUT2D eigenvalue weighted by Gasteiger charge is 2.22. The third kappa shape index (κ3) is 1.89. The topological polar surface area (TPSA) is 60.2 Å². The molecule has 0 saturated carbocycles. The van der Waals surface area contributed by atoms with Gasteiger partial charge in [0.25, 0.3) is 0 Å². The summed E-state index contributed by atoms with van der Waals surface area (Å²) in [4.78, 5) is 20.5. The van der Waals surface area contributed by atoms with Crippen molar-refractivity contribution in [1.82, 2.24) is 0 Å². The predicted octanol–water partition coefficient (Wildman–Crippen LogP) is 2.54. The molecule has 1 aromatic carbocycles. The average molecular weight is 309 g/mol. The van der Waals surface area contributed by atoms with Crippen molar-refractivity contribution in [3.63, 3.8) is 0 Å². The van der Waals surface area contributed by atoms with Crippen LogP contribution in [0.5, 0.6) is 0 Å². The summed E-state index contributed by atoms with van der Waals surface area (Å²) in [5.41, 5.74) is -0.893. The largest absolute Gasteiger partial charge is 0.305 e.